The van der Waals surface area contributed by atoms with Gasteiger partial charge in [0.25, 0.3) is 0 Å². The van der Waals surface area contributed by atoms with Crippen molar-refractivity contribution in [3.63, 3.8) is 0 Å². The van der Waals surface area contributed by atoms with Crippen LogP contribution in [0.3, 0.4) is 0 Å². The van der Waals surface area contributed by atoms with Crippen molar-refractivity contribution in [1.82, 2.24) is 0 Å². The van der Waals surface area contributed by atoms with Gasteiger partial charge >= 0.3 is 0 Å². The fourth-order valence-electron chi connectivity index (χ4n) is 1.54. The molecule has 1 unspecified atom stereocenters. The molecule has 0 amide bonds. The van der Waals surface area contributed by atoms with Gasteiger partial charge in [-0.2, -0.15) is 0 Å². The van der Waals surface area contributed by atoms with Crippen LogP contribution >= 0.6 is 11.6 Å². The van der Waals surface area contributed by atoms with Crippen LogP contribution in [0.2, 0.25) is 5.02 Å². The molecule has 1 aliphatic rings. The molecular formula is C11H13ClO. The van der Waals surface area contributed by atoms with Crippen molar-refractivity contribution >= 4 is 11.6 Å². The first-order valence-electron chi connectivity index (χ1n) is 4.70. The van der Waals surface area contributed by atoms with E-state index >= 15 is 0 Å². The Bertz CT molecular complexity index is 294. The first-order chi connectivity index (χ1) is 6.27. The summed E-state index contributed by atoms with van der Waals surface area (Å²) in [5.74, 6) is 0.728. The molecular weight excluding hydrogens is 184 g/mol. The maximum Gasteiger partial charge on any atom is 0.0807 e. The van der Waals surface area contributed by atoms with Gasteiger partial charge in [0, 0.05) is 5.02 Å². The summed E-state index contributed by atoms with van der Waals surface area (Å²) < 4.78 is 0. The molecule has 0 saturated heterocycles. The Morgan fingerprint density at radius 3 is 2.69 bits per heavy atom. The summed E-state index contributed by atoms with van der Waals surface area (Å²) in [6.45, 7) is 0. The number of hydrogen-bond acceptors (Lipinski definition) is 1. The Morgan fingerprint density at radius 1 is 1.38 bits per heavy atom. The zero-order valence-corrected chi connectivity index (χ0v) is 8.17. The van der Waals surface area contributed by atoms with Gasteiger partial charge in [0.15, 0.2) is 0 Å². The molecule has 1 fully saturated rings. The van der Waals surface area contributed by atoms with Crippen LogP contribution in [0.1, 0.15) is 30.9 Å². The first kappa shape index (κ1) is 9.04. The van der Waals surface area contributed by atoms with Gasteiger partial charge in [-0.1, -0.05) is 42.6 Å². The number of halogens is 1. The summed E-state index contributed by atoms with van der Waals surface area (Å²) in [6, 6.07) is 7.52. The van der Waals surface area contributed by atoms with Crippen LogP contribution < -0.4 is 0 Å². The summed E-state index contributed by atoms with van der Waals surface area (Å²) in [6.07, 6.45) is 3.02. The summed E-state index contributed by atoms with van der Waals surface area (Å²) in [5, 5.41) is 10.5. The van der Waals surface area contributed by atoms with Crippen LogP contribution in [0.15, 0.2) is 24.3 Å². The second-order valence-electron chi connectivity index (χ2n) is 3.72. The van der Waals surface area contributed by atoms with Crippen molar-refractivity contribution in [1.29, 1.82) is 0 Å². The van der Waals surface area contributed by atoms with Crippen molar-refractivity contribution in [3.8, 4) is 0 Å². The number of rotatable bonds is 3. The van der Waals surface area contributed by atoms with E-state index in [9.17, 15) is 5.11 Å². The van der Waals surface area contributed by atoms with Gasteiger partial charge in [0.1, 0.15) is 0 Å². The molecule has 13 heavy (non-hydrogen) atoms. The van der Waals surface area contributed by atoms with E-state index < -0.39 is 0 Å². The molecule has 1 atom stereocenters. The highest BCUT2D eigenvalue weighted by Gasteiger charge is 2.25. The fourth-order valence-corrected chi connectivity index (χ4v) is 1.80. The minimum absolute atomic E-state index is 0.374. The molecule has 2 heteroatoms. The summed E-state index contributed by atoms with van der Waals surface area (Å²) in [7, 11) is 0. The average molecular weight is 197 g/mol. The van der Waals surface area contributed by atoms with Crippen molar-refractivity contribution < 1.29 is 5.11 Å². The zero-order chi connectivity index (χ0) is 9.26. The number of aliphatic hydroxyl groups excluding tert-OH is 1. The van der Waals surface area contributed by atoms with E-state index in [1.54, 1.807) is 0 Å². The van der Waals surface area contributed by atoms with E-state index in [1.807, 2.05) is 24.3 Å². The lowest BCUT2D eigenvalue weighted by atomic mass is 10.0. The minimum Gasteiger partial charge on any atom is -0.388 e. The highest BCUT2D eigenvalue weighted by Crippen LogP contribution is 2.38. The van der Waals surface area contributed by atoms with Crippen LogP contribution in [-0.4, -0.2) is 5.11 Å². The molecule has 1 N–H and O–H groups in total. The van der Waals surface area contributed by atoms with Crippen LogP contribution in [0, 0.1) is 5.92 Å². The van der Waals surface area contributed by atoms with Gasteiger partial charge in [-0.05, 0) is 24.0 Å². The Labute approximate surface area is 83.3 Å². The fraction of sp³-hybridized carbons (Fsp3) is 0.455. The highest BCUT2D eigenvalue weighted by atomic mass is 35.5. The molecule has 0 heterocycles. The third kappa shape index (κ3) is 2.23. The van der Waals surface area contributed by atoms with Gasteiger partial charge in [-0.15, -0.1) is 0 Å². The van der Waals surface area contributed by atoms with Gasteiger partial charge in [-0.3, -0.25) is 0 Å². The molecule has 1 aromatic carbocycles. The molecule has 1 aromatic rings. The topological polar surface area (TPSA) is 20.2 Å². The Hall–Kier alpha value is -0.530. The molecule has 1 saturated carbocycles. The molecule has 2 rings (SSSR count). The van der Waals surface area contributed by atoms with Crippen molar-refractivity contribution in [2.45, 2.75) is 25.4 Å². The second kappa shape index (κ2) is 3.69. The molecule has 0 radical (unpaired) electrons. The molecule has 1 aliphatic carbocycles. The van der Waals surface area contributed by atoms with E-state index in [-0.39, 0.29) is 6.10 Å². The number of benzene rings is 1. The zero-order valence-electron chi connectivity index (χ0n) is 7.41. The van der Waals surface area contributed by atoms with E-state index in [0.717, 1.165) is 17.9 Å². The van der Waals surface area contributed by atoms with Crippen LogP contribution in [0.25, 0.3) is 0 Å². The third-order valence-electron chi connectivity index (χ3n) is 2.52. The van der Waals surface area contributed by atoms with Crippen LogP contribution in [0.5, 0.6) is 0 Å². The molecule has 0 aromatic heterocycles. The lowest BCUT2D eigenvalue weighted by Crippen LogP contribution is -1.98. The predicted molar refractivity (Wildman–Crippen MR) is 53.8 cm³/mol. The SMILES string of the molecule is OC(CC1CC1)c1ccccc1Cl. The van der Waals surface area contributed by atoms with E-state index in [0.29, 0.717) is 5.02 Å². The maximum atomic E-state index is 9.83. The maximum absolute atomic E-state index is 9.83. The molecule has 0 aliphatic heterocycles. The van der Waals surface area contributed by atoms with Gasteiger partial charge in [-0.25, -0.2) is 0 Å². The largest absolute Gasteiger partial charge is 0.388 e. The monoisotopic (exact) mass is 196 g/mol. The number of hydrogen-bond donors (Lipinski definition) is 1. The van der Waals surface area contributed by atoms with Gasteiger partial charge in [0.05, 0.1) is 6.10 Å². The molecule has 1 nitrogen and oxygen atoms in total. The Morgan fingerprint density at radius 2 is 2.08 bits per heavy atom. The molecule has 0 spiro atoms. The van der Waals surface area contributed by atoms with E-state index in [1.165, 1.54) is 12.8 Å². The lowest BCUT2D eigenvalue weighted by molar-refractivity contribution is 0.160. The van der Waals surface area contributed by atoms with Crippen LogP contribution in [-0.2, 0) is 0 Å². The normalized spacial score (nSPS) is 18.6. The van der Waals surface area contributed by atoms with Gasteiger partial charge < -0.3 is 5.11 Å². The summed E-state index contributed by atoms with van der Waals surface area (Å²) in [5.41, 5.74) is 0.871. The predicted octanol–water partition coefficient (Wildman–Crippen LogP) is 3.17. The molecule has 70 valence electrons. The number of aliphatic hydroxyl groups is 1. The minimum atomic E-state index is -0.374. The quantitative estimate of drug-likeness (QED) is 0.788. The standard InChI is InChI=1S/C11H13ClO/c12-10-4-2-1-3-9(10)11(13)7-8-5-6-8/h1-4,8,11,13H,5-7H2. The van der Waals surface area contributed by atoms with E-state index in [4.69, 9.17) is 11.6 Å². The average Bonchev–Trinajstić information content (AvgIpc) is 2.89. The summed E-state index contributed by atoms with van der Waals surface area (Å²) in [4.78, 5) is 0. The Balaban J connectivity index is 2.09. The Kier molecular flexibility index (Phi) is 2.56. The highest BCUT2D eigenvalue weighted by molar-refractivity contribution is 6.31. The third-order valence-corrected chi connectivity index (χ3v) is 2.86. The smallest absolute Gasteiger partial charge is 0.0807 e. The summed E-state index contributed by atoms with van der Waals surface area (Å²) >= 11 is 5.96. The van der Waals surface area contributed by atoms with Crippen molar-refractivity contribution in [2.75, 3.05) is 0 Å². The second-order valence-corrected chi connectivity index (χ2v) is 4.12. The lowest BCUT2D eigenvalue weighted by Gasteiger charge is -2.11. The van der Waals surface area contributed by atoms with E-state index in [2.05, 4.69) is 0 Å². The van der Waals surface area contributed by atoms with Crippen molar-refractivity contribution in [2.24, 2.45) is 5.92 Å². The molecule has 0 bridgehead atoms. The van der Waals surface area contributed by atoms with Crippen LogP contribution in [0.4, 0.5) is 0 Å². The van der Waals surface area contributed by atoms with Crippen molar-refractivity contribution in [3.05, 3.63) is 34.9 Å². The van der Waals surface area contributed by atoms with Gasteiger partial charge in [0.2, 0.25) is 0 Å². The first-order valence-corrected chi connectivity index (χ1v) is 5.07.